The molecule has 1 aromatic rings. The predicted molar refractivity (Wildman–Crippen MR) is 80.6 cm³/mol. The van der Waals surface area contributed by atoms with E-state index < -0.39 is 0 Å². The zero-order valence-electron chi connectivity index (χ0n) is 12.2. The van der Waals surface area contributed by atoms with Crippen LogP contribution in [0.25, 0.3) is 0 Å². The molecule has 0 aromatic heterocycles. The Morgan fingerprint density at radius 1 is 1.11 bits per heavy atom. The van der Waals surface area contributed by atoms with Crippen molar-refractivity contribution in [2.45, 2.75) is 64.7 Å². The Bertz CT molecular complexity index is 408. The van der Waals surface area contributed by atoms with Crippen molar-refractivity contribution in [1.82, 2.24) is 0 Å². The summed E-state index contributed by atoms with van der Waals surface area (Å²) in [4.78, 5) is 12.6. The second-order valence-corrected chi connectivity index (χ2v) is 5.81. The number of aryl methyl sites for hydroxylation is 1. The van der Waals surface area contributed by atoms with Crippen LogP contribution >= 0.6 is 0 Å². The van der Waals surface area contributed by atoms with Gasteiger partial charge in [-0.15, -0.1) is 0 Å². The van der Waals surface area contributed by atoms with Gasteiger partial charge in [-0.25, -0.2) is 0 Å². The van der Waals surface area contributed by atoms with Gasteiger partial charge in [0, 0.05) is 11.5 Å². The molecule has 0 radical (unpaired) electrons. The lowest BCUT2D eigenvalue weighted by molar-refractivity contribution is 0.0907. The summed E-state index contributed by atoms with van der Waals surface area (Å²) in [5, 5.41) is 0. The van der Waals surface area contributed by atoms with Crippen LogP contribution in [0.2, 0.25) is 0 Å². The van der Waals surface area contributed by atoms with E-state index in [1.807, 2.05) is 12.1 Å². The highest BCUT2D eigenvalue weighted by atomic mass is 16.1. The van der Waals surface area contributed by atoms with Crippen molar-refractivity contribution < 1.29 is 4.79 Å². The van der Waals surface area contributed by atoms with Crippen LogP contribution < -0.4 is 0 Å². The highest BCUT2D eigenvalue weighted by Gasteiger charge is 2.24. The highest BCUT2D eigenvalue weighted by Crippen LogP contribution is 2.28. The summed E-state index contributed by atoms with van der Waals surface area (Å²) in [5.41, 5.74) is 2.26. The van der Waals surface area contributed by atoms with Gasteiger partial charge in [0.1, 0.15) is 0 Å². The van der Waals surface area contributed by atoms with Crippen molar-refractivity contribution in [3.63, 3.8) is 0 Å². The quantitative estimate of drug-likeness (QED) is 0.507. The van der Waals surface area contributed by atoms with E-state index in [2.05, 4.69) is 19.1 Å². The zero-order valence-corrected chi connectivity index (χ0v) is 12.2. The average Bonchev–Trinajstić information content (AvgIpc) is 2.59. The minimum Gasteiger partial charge on any atom is -0.294 e. The van der Waals surface area contributed by atoms with Gasteiger partial charge < -0.3 is 0 Å². The van der Waals surface area contributed by atoms with Gasteiger partial charge in [-0.2, -0.15) is 0 Å². The maximum Gasteiger partial charge on any atom is 0.166 e. The Labute approximate surface area is 117 Å². The number of rotatable bonds is 6. The van der Waals surface area contributed by atoms with E-state index in [9.17, 15) is 4.79 Å². The van der Waals surface area contributed by atoms with Gasteiger partial charge in [0.2, 0.25) is 0 Å². The molecule has 19 heavy (non-hydrogen) atoms. The van der Waals surface area contributed by atoms with Crippen LogP contribution in [0, 0.1) is 5.92 Å². The van der Waals surface area contributed by atoms with Crippen molar-refractivity contribution >= 4 is 5.78 Å². The number of fused-ring (bicyclic) bond motifs is 1. The fourth-order valence-electron chi connectivity index (χ4n) is 3.14. The predicted octanol–water partition coefficient (Wildman–Crippen LogP) is 5.18. The number of carbonyl (C=O) groups is 1. The fraction of sp³-hybridized carbons (Fsp3) is 0.611. The normalized spacial score (nSPS) is 19.0. The molecule has 1 heteroatoms. The largest absolute Gasteiger partial charge is 0.294 e. The fourth-order valence-corrected chi connectivity index (χ4v) is 3.14. The van der Waals surface area contributed by atoms with Crippen molar-refractivity contribution in [3.05, 3.63) is 35.4 Å². The van der Waals surface area contributed by atoms with Gasteiger partial charge in [-0.1, -0.05) is 63.3 Å². The Kier molecular flexibility index (Phi) is 5.62. The van der Waals surface area contributed by atoms with Crippen LogP contribution in [0.1, 0.15) is 74.2 Å². The summed E-state index contributed by atoms with van der Waals surface area (Å²) in [7, 11) is 0. The summed E-state index contributed by atoms with van der Waals surface area (Å²) >= 11 is 0. The summed E-state index contributed by atoms with van der Waals surface area (Å²) < 4.78 is 0. The van der Waals surface area contributed by atoms with Crippen molar-refractivity contribution in [2.24, 2.45) is 5.92 Å². The van der Waals surface area contributed by atoms with Crippen LogP contribution in [0.4, 0.5) is 0 Å². The van der Waals surface area contributed by atoms with Crippen molar-refractivity contribution in [1.29, 1.82) is 0 Å². The van der Waals surface area contributed by atoms with Gasteiger partial charge >= 0.3 is 0 Å². The number of ketones is 1. The van der Waals surface area contributed by atoms with E-state index in [1.165, 1.54) is 44.1 Å². The lowest BCUT2D eigenvalue weighted by atomic mass is 9.90. The molecular formula is C18H26O. The Hall–Kier alpha value is -1.11. The Morgan fingerprint density at radius 3 is 2.74 bits per heavy atom. The van der Waals surface area contributed by atoms with E-state index >= 15 is 0 Å². The molecule has 1 aliphatic rings. The van der Waals surface area contributed by atoms with E-state index in [4.69, 9.17) is 0 Å². The number of hydrogen-bond donors (Lipinski definition) is 0. The van der Waals surface area contributed by atoms with E-state index in [0.29, 0.717) is 5.78 Å². The molecule has 0 heterocycles. The third-order valence-corrected chi connectivity index (χ3v) is 4.31. The number of benzene rings is 1. The topological polar surface area (TPSA) is 17.1 Å². The third-order valence-electron chi connectivity index (χ3n) is 4.31. The van der Waals surface area contributed by atoms with Gasteiger partial charge in [0.15, 0.2) is 5.78 Å². The number of carbonyl (C=O) groups excluding carboxylic acids is 1. The smallest absolute Gasteiger partial charge is 0.166 e. The molecule has 0 spiro atoms. The summed E-state index contributed by atoms with van der Waals surface area (Å²) in [6.45, 7) is 2.24. The van der Waals surface area contributed by atoms with Crippen LogP contribution in [0.3, 0.4) is 0 Å². The molecule has 0 N–H and O–H groups in total. The Balaban J connectivity index is 1.90. The van der Waals surface area contributed by atoms with Crippen LogP contribution in [-0.4, -0.2) is 5.78 Å². The van der Waals surface area contributed by atoms with Crippen molar-refractivity contribution in [3.8, 4) is 0 Å². The first-order valence-corrected chi connectivity index (χ1v) is 7.95. The minimum atomic E-state index is 0.283. The standard InChI is InChI=1S/C18H26O/c1-2-3-4-5-6-11-16-13-9-12-15-10-7-8-14-17(15)18(16)19/h7-8,10,14,16H,2-6,9,11-13H2,1H3. The molecule has 1 unspecified atom stereocenters. The lowest BCUT2D eigenvalue weighted by Crippen LogP contribution is -2.14. The van der Waals surface area contributed by atoms with E-state index in [-0.39, 0.29) is 5.92 Å². The molecule has 1 aromatic carbocycles. The van der Waals surface area contributed by atoms with Crippen LogP contribution in [-0.2, 0) is 6.42 Å². The van der Waals surface area contributed by atoms with Crippen LogP contribution in [0.15, 0.2) is 24.3 Å². The molecule has 2 rings (SSSR count). The molecule has 1 atom stereocenters. The van der Waals surface area contributed by atoms with Gasteiger partial charge in [0.05, 0.1) is 0 Å². The zero-order chi connectivity index (χ0) is 13.5. The minimum absolute atomic E-state index is 0.283. The molecule has 1 nitrogen and oxygen atoms in total. The number of hydrogen-bond acceptors (Lipinski definition) is 1. The number of unbranched alkanes of at least 4 members (excludes halogenated alkanes) is 4. The molecule has 0 saturated heterocycles. The first kappa shape index (κ1) is 14.3. The average molecular weight is 258 g/mol. The lowest BCUT2D eigenvalue weighted by Gasteiger charge is -2.13. The van der Waals surface area contributed by atoms with Crippen molar-refractivity contribution in [2.75, 3.05) is 0 Å². The second kappa shape index (κ2) is 7.47. The SMILES string of the molecule is CCCCCCCC1CCCc2ccccc2C1=O. The van der Waals surface area contributed by atoms with E-state index in [1.54, 1.807) is 0 Å². The van der Waals surface area contributed by atoms with Gasteiger partial charge in [-0.3, -0.25) is 4.79 Å². The molecule has 1 aliphatic carbocycles. The molecule has 0 amide bonds. The van der Waals surface area contributed by atoms with Crippen LogP contribution in [0.5, 0.6) is 0 Å². The maximum atomic E-state index is 12.6. The molecule has 0 fully saturated rings. The first-order chi connectivity index (χ1) is 9.33. The molecule has 0 saturated carbocycles. The molecule has 0 bridgehead atoms. The highest BCUT2D eigenvalue weighted by molar-refractivity contribution is 5.99. The molecule has 104 valence electrons. The maximum absolute atomic E-state index is 12.6. The second-order valence-electron chi connectivity index (χ2n) is 5.81. The summed E-state index contributed by atoms with van der Waals surface area (Å²) in [5.74, 6) is 0.689. The van der Waals surface area contributed by atoms with E-state index in [0.717, 1.165) is 24.8 Å². The monoisotopic (exact) mass is 258 g/mol. The van der Waals surface area contributed by atoms with Gasteiger partial charge in [0.25, 0.3) is 0 Å². The molecule has 0 aliphatic heterocycles. The first-order valence-electron chi connectivity index (χ1n) is 7.95. The summed E-state index contributed by atoms with van der Waals surface area (Å²) in [6, 6.07) is 8.20. The Morgan fingerprint density at radius 2 is 1.89 bits per heavy atom. The van der Waals surface area contributed by atoms with Gasteiger partial charge in [-0.05, 0) is 31.2 Å². The molecular weight excluding hydrogens is 232 g/mol. The summed E-state index contributed by atoms with van der Waals surface area (Å²) in [6.07, 6.45) is 10.9. The number of Topliss-reactive ketones (excluding diaryl/α,β-unsaturated/α-hetero) is 1. The third kappa shape index (κ3) is 3.92.